The van der Waals surface area contributed by atoms with Gasteiger partial charge in [-0.1, -0.05) is 0 Å². The Kier molecular flexibility index (Phi) is 2.77. The summed E-state index contributed by atoms with van der Waals surface area (Å²) in [5.41, 5.74) is 2.07. The molecular formula is C16H12NO6+. The second-order valence-electron chi connectivity index (χ2n) is 5.40. The first-order valence-electron chi connectivity index (χ1n) is 7.01. The van der Waals surface area contributed by atoms with Gasteiger partial charge in [0.15, 0.2) is 24.2 Å². The lowest BCUT2D eigenvalue weighted by Gasteiger charge is -2.16. The van der Waals surface area contributed by atoms with Crippen LogP contribution in [0.15, 0.2) is 24.4 Å². The Morgan fingerprint density at radius 3 is 2.39 bits per heavy atom. The van der Waals surface area contributed by atoms with Crippen LogP contribution in [0.5, 0.6) is 11.5 Å². The van der Waals surface area contributed by atoms with Crippen LogP contribution in [0.2, 0.25) is 0 Å². The molecule has 0 aliphatic carbocycles. The van der Waals surface area contributed by atoms with E-state index in [1.54, 1.807) is 4.57 Å². The van der Waals surface area contributed by atoms with Gasteiger partial charge in [-0.25, -0.2) is 9.59 Å². The number of carboxylic acid groups (broad SMARTS) is 2. The van der Waals surface area contributed by atoms with E-state index >= 15 is 0 Å². The van der Waals surface area contributed by atoms with Gasteiger partial charge < -0.3 is 19.7 Å². The van der Waals surface area contributed by atoms with Crippen molar-refractivity contribution in [2.75, 3.05) is 6.79 Å². The summed E-state index contributed by atoms with van der Waals surface area (Å²) in [5, 5.41) is 18.5. The van der Waals surface area contributed by atoms with Crippen molar-refractivity contribution in [3.8, 4) is 22.8 Å². The zero-order chi connectivity index (χ0) is 16.1. The van der Waals surface area contributed by atoms with Crippen molar-refractivity contribution >= 4 is 11.9 Å². The van der Waals surface area contributed by atoms with E-state index in [2.05, 4.69) is 0 Å². The molecule has 7 nitrogen and oxygen atoms in total. The minimum absolute atomic E-state index is 0.163. The quantitative estimate of drug-likeness (QED) is 0.812. The van der Waals surface area contributed by atoms with Gasteiger partial charge in [-0.15, -0.1) is 0 Å². The van der Waals surface area contributed by atoms with Crippen molar-refractivity contribution in [1.82, 2.24) is 0 Å². The molecule has 2 aliphatic heterocycles. The number of ether oxygens (including phenoxy) is 2. The maximum absolute atomic E-state index is 11.4. The van der Waals surface area contributed by atoms with Gasteiger partial charge in [0, 0.05) is 12.5 Å². The molecule has 7 heteroatoms. The summed E-state index contributed by atoms with van der Waals surface area (Å²) in [6.45, 7) is 0.735. The highest BCUT2D eigenvalue weighted by molar-refractivity contribution is 6.01. The van der Waals surface area contributed by atoms with Crippen molar-refractivity contribution in [1.29, 1.82) is 0 Å². The highest BCUT2D eigenvalue weighted by Crippen LogP contribution is 2.39. The Bertz CT molecular complexity index is 873. The Morgan fingerprint density at radius 2 is 1.70 bits per heavy atom. The van der Waals surface area contributed by atoms with Crippen LogP contribution in [0.25, 0.3) is 11.3 Å². The summed E-state index contributed by atoms with van der Waals surface area (Å²) in [6, 6.07) is 5.12. The van der Waals surface area contributed by atoms with Gasteiger partial charge in [-0.05, 0) is 17.7 Å². The predicted molar refractivity (Wildman–Crippen MR) is 75.8 cm³/mol. The van der Waals surface area contributed by atoms with Gasteiger partial charge in [-0.2, -0.15) is 4.57 Å². The summed E-state index contributed by atoms with van der Waals surface area (Å²) < 4.78 is 12.5. The van der Waals surface area contributed by atoms with Crippen LogP contribution < -0.4 is 14.0 Å². The second-order valence-corrected chi connectivity index (χ2v) is 5.40. The molecular weight excluding hydrogens is 302 g/mol. The molecule has 116 valence electrons. The third-order valence-corrected chi connectivity index (χ3v) is 4.12. The summed E-state index contributed by atoms with van der Waals surface area (Å²) >= 11 is 0. The number of pyridine rings is 1. The van der Waals surface area contributed by atoms with E-state index in [1.807, 2.05) is 12.1 Å². The van der Waals surface area contributed by atoms with E-state index in [0.29, 0.717) is 30.2 Å². The molecule has 1 aromatic heterocycles. The average Bonchev–Trinajstić information content (AvgIpc) is 2.98. The number of aryl methyl sites for hydroxylation is 2. The van der Waals surface area contributed by atoms with Crippen LogP contribution in [0.4, 0.5) is 0 Å². The number of benzene rings is 1. The fraction of sp³-hybridized carbons (Fsp3) is 0.188. The number of aromatic carboxylic acids is 2. The van der Waals surface area contributed by atoms with E-state index in [9.17, 15) is 19.8 Å². The predicted octanol–water partition coefficient (Wildman–Crippen LogP) is 1.32. The van der Waals surface area contributed by atoms with Crippen molar-refractivity contribution < 1.29 is 33.8 Å². The Balaban J connectivity index is 1.95. The topological polar surface area (TPSA) is 96.9 Å². The molecule has 2 aliphatic rings. The summed E-state index contributed by atoms with van der Waals surface area (Å²) in [6.07, 6.45) is 2.09. The summed E-state index contributed by atoms with van der Waals surface area (Å²) in [4.78, 5) is 22.7. The maximum Gasteiger partial charge on any atom is 0.342 e. The van der Waals surface area contributed by atoms with Crippen LogP contribution in [-0.4, -0.2) is 28.9 Å². The number of hydrogen-bond donors (Lipinski definition) is 2. The van der Waals surface area contributed by atoms with Crippen LogP contribution in [0.3, 0.4) is 0 Å². The lowest BCUT2D eigenvalue weighted by Crippen LogP contribution is -2.41. The zero-order valence-corrected chi connectivity index (χ0v) is 11.9. The van der Waals surface area contributed by atoms with E-state index in [-0.39, 0.29) is 17.9 Å². The molecule has 0 bridgehead atoms. The highest BCUT2D eigenvalue weighted by atomic mass is 16.7. The van der Waals surface area contributed by atoms with Gasteiger partial charge in [0.2, 0.25) is 12.5 Å². The number of nitrogens with zero attached hydrogens (tertiary/aromatic N) is 1. The van der Waals surface area contributed by atoms with Gasteiger partial charge in [0.25, 0.3) is 0 Å². The largest absolute Gasteiger partial charge is 0.478 e. The molecule has 0 amide bonds. The third kappa shape index (κ3) is 2.01. The smallest absolute Gasteiger partial charge is 0.342 e. The average molecular weight is 314 g/mol. The molecule has 0 atom stereocenters. The van der Waals surface area contributed by atoms with E-state index in [0.717, 1.165) is 11.1 Å². The van der Waals surface area contributed by atoms with Crippen molar-refractivity contribution in [2.24, 2.45) is 0 Å². The number of carboxylic acids is 2. The lowest BCUT2D eigenvalue weighted by atomic mass is 9.94. The Labute approximate surface area is 130 Å². The molecule has 4 rings (SSSR count). The SMILES string of the molecule is O=C(O)c1cc2[n+](cc1C(=O)O)CCc1cc3c(cc1-2)OCO3. The number of fused-ring (bicyclic) bond motifs is 4. The first kappa shape index (κ1) is 13.6. The number of rotatable bonds is 2. The molecule has 0 unspecified atom stereocenters. The fourth-order valence-electron chi connectivity index (χ4n) is 3.03. The Morgan fingerprint density at radius 1 is 1.00 bits per heavy atom. The van der Waals surface area contributed by atoms with Crippen LogP contribution in [-0.2, 0) is 13.0 Å². The molecule has 0 saturated carbocycles. The van der Waals surface area contributed by atoms with Crippen LogP contribution in [0, 0.1) is 0 Å². The van der Waals surface area contributed by atoms with Crippen molar-refractivity contribution in [3.05, 3.63) is 41.1 Å². The molecule has 2 N–H and O–H groups in total. The van der Waals surface area contributed by atoms with Crippen molar-refractivity contribution in [3.63, 3.8) is 0 Å². The second kappa shape index (κ2) is 4.70. The minimum Gasteiger partial charge on any atom is -0.478 e. The first-order chi connectivity index (χ1) is 11.0. The molecule has 0 saturated heterocycles. The van der Waals surface area contributed by atoms with Gasteiger partial charge >= 0.3 is 11.9 Å². The minimum atomic E-state index is -1.27. The lowest BCUT2D eigenvalue weighted by molar-refractivity contribution is -0.687. The van der Waals surface area contributed by atoms with Gasteiger partial charge in [0.05, 0.1) is 11.1 Å². The van der Waals surface area contributed by atoms with Gasteiger partial charge in [0.1, 0.15) is 5.56 Å². The van der Waals surface area contributed by atoms with E-state index in [1.165, 1.54) is 12.3 Å². The number of aromatic nitrogens is 1. The standard InChI is InChI=1S/C16H11NO6/c18-15(19)10-4-12-9-5-14-13(22-7-23-14)3-8(9)1-2-17(12)6-11(10)16(20)21/h3-6H,1-2,7H2,(H-,18,19,20,21)/p+1. The maximum atomic E-state index is 11.4. The molecule has 23 heavy (non-hydrogen) atoms. The van der Waals surface area contributed by atoms with Crippen LogP contribution in [0.1, 0.15) is 26.3 Å². The molecule has 0 fully saturated rings. The third-order valence-electron chi connectivity index (χ3n) is 4.12. The monoisotopic (exact) mass is 314 g/mol. The molecule has 0 spiro atoms. The summed E-state index contributed by atoms with van der Waals surface area (Å²) in [5.74, 6) is -1.23. The zero-order valence-electron chi connectivity index (χ0n) is 11.9. The van der Waals surface area contributed by atoms with Crippen LogP contribution >= 0.6 is 0 Å². The number of carbonyl (C=O) groups is 2. The molecule has 2 aromatic rings. The molecule has 1 aromatic carbocycles. The highest BCUT2D eigenvalue weighted by Gasteiger charge is 2.31. The normalized spacial score (nSPS) is 14.1. The Hall–Kier alpha value is -3.09. The molecule has 3 heterocycles. The number of hydrogen-bond acceptors (Lipinski definition) is 4. The molecule has 0 radical (unpaired) electrons. The summed E-state index contributed by atoms with van der Waals surface area (Å²) in [7, 11) is 0. The van der Waals surface area contributed by atoms with E-state index in [4.69, 9.17) is 9.47 Å². The van der Waals surface area contributed by atoms with Gasteiger partial charge in [-0.3, -0.25) is 0 Å². The first-order valence-corrected chi connectivity index (χ1v) is 7.01. The van der Waals surface area contributed by atoms with E-state index < -0.39 is 11.9 Å². The fourth-order valence-corrected chi connectivity index (χ4v) is 3.03. The van der Waals surface area contributed by atoms with Crippen molar-refractivity contribution in [2.45, 2.75) is 13.0 Å².